The van der Waals surface area contributed by atoms with E-state index in [0.29, 0.717) is 16.6 Å². The number of hydrogen-bond donors (Lipinski definition) is 1. The molecule has 0 saturated carbocycles. The lowest BCUT2D eigenvalue weighted by atomic mass is 10.3. The Hall–Kier alpha value is -3.32. The van der Waals surface area contributed by atoms with E-state index in [1.807, 2.05) is 36.4 Å². The number of rotatable bonds is 4. The molecule has 0 radical (unpaired) electrons. The molecule has 7 nitrogen and oxygen atoms in total. The second-order valence-corrected chi connectivity index (χ2v) is 5.52. The molecule has 0 saturated heterocycles. The van der Waals surface area contributed by atoms with Gasteiger partial charge in [0.05, 0.1) is 23.5 Å². The lowest BCUT2D eigenvalue weighted by Gasteiger charge is -2.03. The average molecular weight is 350 g/mol. The van der Waals surface area contributed by atoms with Crippen LogP contribution in [0.5, 0.6) is 0 Å². The second kappa shape index (κ2) is 6.66. The molecule has 0 fully saturated rings. The summed E-state index contributed by atoms with van der Waals surface area (Å²) in [6, 6.07) is 13.3. The zero-order valence-corrected chi connectivity index (χ0v) is 13.7. The number of nitrogens with one attached hydrogen (secondary N) is 1. The fourth-order valence-electron chi connectivity index (χ4n) is 2.32. The van der Waals surface area contributed by atoms with E-state index in [1.54, 1.807) is 29.4 Å². The molecule has 0 unspecified atom stereocenters. The maximum absolute atomic E-state index is 5.76. The molecule has 25 heavy (non-hydrogen) atoms. The second-order valence-electron chi connectivity index (χ2n) is 5.14. The molecular weight excluding hydrogens is 338 g/mol. The van der Waals surface area contributed by atoms with Crippen LogP contribution < -0.4 is 5.43 Å². The summed E-state index contributed by atoms with van der Waals surface area (Å²) in [5.41, 5.74) is 5.37. The van der Waals surface area contributed by atoms with Crippen molar-refractivity contribution >= 4 is 34.7 Å². The van der Waals surface area contributed by atoms with Crippen LogP contribution >= 0.6 is 11.6 Å². The van der Waals surface area contributed by atoms with Crippen molar-refractivity contribution < 1.29 is 0 Å². The summed E-state index contributed by atoms with van der Waals surface area (Å²) < 4.78 is 1.76. The van der Waals surface area contributed by atoms with Crippen molar-refractivity contribution in [1.29, 1.82) is 0 Å². The molecule has 4 rings (SSSR count). The first-order valence-electron chi connectivity index (χ1n) is 7.46. The Morgan fingerprint density at radius 3 is 2.68 bits per heavy atom. The van der Waals surface area contributed by atoms with E-state index in [0.717, 1.165) is 16.6 Å². The number of anilines is 1. The van der Waals surface area contributed by atoms with Gasteiger partial charge in [-0.1, -0.05) is 29.8 Å². The van der Waals surface area contributed by atoms with Crippen LogP contribution in [-0.2, 0) is 0 Å². The van der Waals surface area contributed by atoms with Crippen molar-refractivity contribution in [3.05, 3.63) is 71.9 Å². The molecule has 0 spiro atoms. The van der Waals surface area contributed by atoms with E-state index in [9.17, 15) is 0 Å². The predicted octanol–water partition coefficient (Wildman–Crippen LogP) is 3.31. The molecule has 0 aliphatic carbocycles. The van der Waals surface area contributed by atoms with Crippen LogP contribution in [0.3, 0.4) is 0 Å². The van der Waals surface area contributed by atoms with Gasteiger partial charge in [-0.05, 0) is 24.3 Å². The summed E-state index contributed by atoms with van der Waals surface area (Å²) in [4.78, 5) is 12.6. The molecule has 4 aromatic rings. The highest BCUT2D eigenvalue weighted by Gasteiger charge is 2.10. The normalized spacial score (nSPS) is 11.2. The van der Waals surface area contributed by atoms with Crippen molar-refractivity contribution in [2.75, 3.05) is 5.43 Å². The van der Waals surface area contributed by atoms with Gasteiger partial charge in [-0.25, -0.2) is 19.6 Å². The van der Waals surface area contributed by atoms with Gasteiger partial charge in [0.15, 0.2) is 11.5 Å². The molecular formula is C17H12ClN7. The number of pyridine rings is 1. The number of fused-ring (bicyclic) bond motifs is 1. The third-order valence-electron chi connectivity index (χ3n) is 3.50. The topological polar surface area (TPSA) is 80.9 Å². The van der Waals surface area contributed by atoms with Gasteiger partial charge < -0.3 is 0 Å². The number of para-hydroxylation sites is 1. The first-order chi connectivity index (χ1) is 12.3. The van der Waals surface area contributed by atoms with E-state index in [-0.39, 0.29) is 0 Å². The molecule has 0 aliphatic heterocycles. The highest BCUT2D eigenvalue weighted by Crippen LogP contribution is 2.21. The van der Waals surface area contributed by atoms with Crippen molar-refractivity contribution in [1.82, 2.24) is 24.7 Å². The molecule has 0 atom stereocenters. The highest BCUT2D eigenvalue weighted by atomic mass is 35.5. The molecule has 0 aliphatic rings. The summed E-state index contributed by atoms with van der Waals surface area (Å²) in [6.07, 6.45) is 6.46. The summed E-state index contributed by atoms with van der Waals surface area (Å²) in [5.74, 6) is 0.574. The zero-order chi connectivity index (χ0) is 17.1. The van der Waals surface area contributed by atoms with Crippen LogP contribution in [0, 0.1) is 0 Å². The average Bonchev–Trinajstić information content (AvgIpc) is 3.09. The lowest BCUT2D eigenvalue weighted by Crippen LogP contribution is -1.99. The number of halogens is 1. The molecule has 0 bridgehead atoms. The van der Waals surface area contributed by atoms with E-state index < -0.39 is 0 Å². The highest BCUT2D eigenvalue weighted by molar-refractivity contribution is 6.29. The molecule has 1 N–H and O–H groups in total. The minimum atomic E-state index is 0.441. The molecule has 122 valence electrons. The number of aromatic nitrogens is 5. The van der Waals surface area contributed by atoms with Gasteiger partial charge in [-0.2, -0.15) is 10.2 Å². The van der Waals surface area contributed by atoms with Crippen LogP contribution in [-0.4, -0.2) is 30.9 Å². The maximum atomic E-state index is 5.76. The SMILES string of the molecule is Clc1ccc(C=NNc2ncnc3c2cnn3-c2ccccc2)cn1. The summed E-state index contributed by atoms with van der Waals surface area (Å²) in [7, 11) is 0. The third-order valence-corrected chi connectivity index (χ3v) is 3.72. The van der Waals surface area contributed by atoms with Crippen molar-refractivity contribution in [3.8, 4) is 5.69 Å². The van der Waals surface area contributed by atoms with Gasteiger partial charge in [-0.3, -0.25) is 5.43 Å². The van der Waals surface area contributed by atoms with Crippen LogP contribution in [0.15, 0.2) is 66.3 Å². The summed E-state index contributed by atoms with van der Waals surface area (Å²) >= 11 is 5.76. The number of hydrogen-bond acceptors (Lipinski definition) is 6. The van der Waals surface area contributed by atoms with Gasteiger partial charge in [0, 0.05) is 11.8 Å². The molecule has 1 aromatic carbocycles. The Bertz CT molecular complexity index is 1030. The largest absolute Gasteiger partial charge is 0.261 e. The Labute approximate surface area is 148 Å². The molecule has 3 aromatic heterocycles. The fraction of sp³-hybridized carbons (Fsp3) is 0. The van der Waals surface area contributed by atoms with E-state index in [2.05, 4.69) is 30.6 Å². The maximum Gasteiger partial charge on any atom is 0.168 e. The number of hydrazone groups is 1. The minimum Gasteiger partial charge on any atom is -0.261 e. The predicted molar refractivity (Wildman–Crippen MR) is 97.1 cm³/mol. The van der Waals surface area contributed by atoms with Crippen LogP contribution in [0.1, 0.15) is 5.56 Å². The van der Waals surface area contributed by atoms with E-state index in [1.165, 1.54) is 6.33 Å². The van der Waals surface area contributed by atoms with Crippen molar-refractivity contribution in [2.45, 2.75) is 0 Å². The summed E-state index contributed by atoms with van der Waals surface area (Å²) in [6.45, 7) is 0. The van der Waals surface area contributed by atoms with Gasteiger partial charge in [0.2, 0.25) is 0 Å². The summed E-state index contributed by atoms with van der Waals surface area (Å²) in [5, 5.41) is 9.80. The van der Waals surface area contributed by atoms with E-state index >= 15 is 0 Å². The minimum absolute atomic E-state index is 0.441. The Balaban J connectivity index is 1.62. The van der Waals surface area contributed by atoms with Crippen molar-refractivity contribution in [3.63, 3.8) is 0 Å². The molecule has 0 amide bonds. The molecule has 3 heterocycles. The van der Waals surface area contributed by atoms with Crippen LogP contribution in [0.2, 0.25) is 5.15 Å². The van der Waals surface area contributed by atoms with Crippen LogP contribution in [0.25, 0.3) is 16.7 Å². The smallest absolute Gasteiger partial charge is 0.168 e. The van der Waals surface area contributed by atoms with Gasteiger partial charge in [0.25, 0.3) is 0 Å². The monoisotopic (exact) mass is 349 g/mol. The zero-order valence-electron chi connectivity index (χ0n) is 12.9. The first-order valence-corrected chi connectivity index (χ1v) is 7.84. The third kappa shape index (κ3) is 3.17. The first kappa shape index (κ1) is 15.2. The Morgan fingerprint density at radius 1 is 1.00 bits per heavy atom. The molecule has 8 heteroatoms. The van der Waals surface area contributed by atoms with Crippen LogP contribution in [0.4, 0.5) is 5.82 Å². The van der Waals surface area contributed by atoms with Gasteiger partial charge in [-0.15, -0.1) is 0 Å². The Kier molecular flexibility index (Phi) is 4.05. The van der Waals surface area contributed by atoms with Gasteiger partial charge >= 0.3 is 0 Å². The van der Waals surface area contributed by atoms with Crippen molar-refractivity contribution in [2.24, 2.45) is 5.10 Å². The standard InChI is InChI=1S/C17H12ClN7/c18-15-7-6-12(8-19-15)9-22-24-16-14-10-23-25(17(14)21-11-20-16)13-4-2-1-3-5-13/h1-11H,(H,20,21,24). The van der Waals surface area contributed by atoms with E-state index in [4.69, 9.17) is 11.6 Å². The number of nitrogens with zero attached hydrogens (tertiary/aromatic N) is 6. The lowest BCUT2D eigenvalue weighted by molar-refractivity contribution is 0.895. The quantitative estimate of drug-likeness (QED) is 0.347. The Morgan fingerprint density at radius 2 is 1.88 bits per heavy atom. The van der Waals surface area contributed by atoms with Gasteiger partial charge in [0.1, 0.15) is 11.5 Å². The number of benzene rings is 1. The fourth-order valence-corrected chi connectivity index (χ4v) is 2.43.